The molecule has 1 unspecified atom stereocenters. The lowest BCUT2D eigenvalue weighted by Gasteiger charge is -2.11. The van der Waals surface area contributed by atoms with E-state index in [1.165, 1.54) is 10.6 Å². The van der Waals surface area contributed by atoms with Crippen molar-refractivity contribution in [3.63, 3.8) is 0 Å². The second-order valence-corrected chi connectivity index (χ2v) is 6.64. The van der Waals surface area contributed by atoms with E-state index in [1.807, 2.05) is 6.92 Å². The van der Waals surface area contributed by atoms with Crippen LogP contribution in [0.5, 0.6) is 0 Å². The standard InChI is InChI=1S/C20H23N3O4/c1-14-8-9-23(19(25)11-14)13-18(24)22-16-6-4-15(5-7-16)20(26)21-12-17-3-2-10-27-17/h4-9,11,17H,2-3,10,12-13H2,1H3,(H,21,26)(H,22,24). The van der Waals surface area contributed by atoms with E-state index in [1.54, 1.807) is 36.5 Å². The van der Waals surface area contributed by atoms with E-state index in [9.17, 15) is 14.4 Å². The van der Waals surface area contributed by atoms with E-state index >= 15 is 0 Å². The van der Waals surface area contributed by atoms with Gasteiger partial charge in [0.2, 0.25) is 5.91 Å². The van der Waals surface area contributed by atoms with E-state index in [0.29, 0.717) is 17.8 Å². The van der Waals surface area contributed by atoms with Crippen LogP contribution in [0.4, 0.5) is 5.69 Å². The van der Waals surface area contributed by atoms with Gasteiger partial charge in [0.25, 0.3) is 11.5 Å². The van der Waals surface area contributed by atoms with Gasteiger partial charge < -0.3 is 19.9 Å². The quantitative estimate of drug-likeness (QED) is 0.811. The van der Waals surface area contributed by atoms with Crippen LogP contribution in [0, 0.1) is 6.92 Å². The number of nitrogens with zero attached hydrogens (tertiary/aromatic N) is 1. The zero-order valence-corrected chi connectivity index (χ0v) is 15.2. The van der Waals surface area contributed by atoms with Crippen molar-refractivity contribution in [3.05, 3.63) is 64.1 Å². The number of hydrogen-bond donors (Lipinski definition) is 2. The van der Waals surface area contributed by atoms with Gasteiger partial charge in [-0.25, -0.2) is 0 Å². The zero-order valence-electron chi connectivity index (χ0n) is 15.2. The molecule has 2 amide bonds. The van der Waals surface area contributed by atoms with Crippen LogP contribution in [0.2, 0.25) is 0 Å². The molecule has 2 aromatic rings. The molecular weight excluding hydrogens is 346 g/mol. The Labute approximate surface area is 157 Å². The van der Waals surface area contributed by atoms with Crippen LogP contribution in [0.1, 0.15) is 28.8 Å². The first-order valence-corrected chi connectivity index (χ1v) is 8.98. The Balaban J connectivity index is 1.52. The second-order valence-electron chi connectivity index (χ2n) is 6.64. The SMILES string of the molecule is Cc1ccn(CC(=O)Nc2ccc(C(=O)NCC3CCCO3)cc2)c(=O)c1. The Morgan fingerprint density at radius 3 is 2.67 bits per heavy atom. The first-order chi connectivity index (χ1) is 13.0. The van der Waals surface area contributed by atoms with Gasteiger partial charge in [0, 0.05) is 36.7 Å². The van der Waals surface area contributed by atoms with E-state index < -0.39 is 0 Å². The fourth-order valence-corrected chi connectivity index (χ4v) is 2.91. The first kappa shape index (κ1) is 18.8. The Hall–Kier alpha value is -2.93. The van der Waals surface area contributed by atoms with Crippen LogP contribution in [-0.4, -0.2) is 35.6 Å². The zero-order chi connectivity index (χ0) is 19.2. The molecule has 3 rings (SSSR count). The number of ether oxygens (including phenoxy) is 1. The topological polar surface area (TPSA) is 89.4 Å². The van der Waals surface area contributed by atoms with Gasteiger partial charge >= 0.3 is 0 Å². The summed E-state index contributed by atoms with van der Waals surface area (Å²) in [4.78, 5) is 36.1. The summed E-state index contributed by atoms with van der Waals surface area (Å²) in [7, 11) is 0. The number of hydrogen-bond acceptors (Lipinski definition) is 4. The molecule has 0 radical (unpaired) electrons. The van der Waals surface area contributed by atoms with E-state index in [2.05, 4.69) is 10.6 Å². The number of aromatic nitrogens is 1. The third-order valence-corrected chi connectivity index (χ3v) is 4.41. The summed E-state index contributed by atoms with van der Waals surface area (Å²) in [6.45, 7) is 3.01. The molecule has 1 aliphatic rings. The summed E-state index contributed by atoms with van der Waals surface area (Å²) in [5.41, 5.74) is 1.71. The lowest BCUT2D eigenvalue weighted by atomic mass is 10.2. The molecule has 0 saturated carbocycles. The molecular formula is C20H23N3O4. The van der Waals surface area contributed by atoms with Crippen LogP contribution in [0.15, 0.2) is 47.4 Å². The van der Waals surface area contributed by atoms with Crippen molar-refractivity contribution in [2.75, 3.05) is 18.5 Å². The van der Waals surface area contributed by atoms with Gasteiger partial charge in [-0.15, -0.1) is 0 Å². The maximum atomic E-state index is 12.1. The molecule has 27 heavy (non-hydrogen) atoms. The molecule has 7 nitrogen and oxygen atoms in total. The molecule has 2 heterocycles. The van der Waals surface area contributed by atoms with Crippen molar-refractivity contribution >= 4 is 17.5 Å². The highest BCUT2D eigenvalue weighted by Crippen LogP contribution is 2.12. The number of rotatable bonds is 6. The lowest BCUT2D eigenvalue weighted by molar-refractivity contribution is -0.116. The lowest BCUT2D eigenvalue weighted by Crippen LogP contribution is -2.31. The molecule has 1 atom stereocenters. The normalized spacial score (nSPS) is 16.1. The molecule has 1 saturated heterocycles. The van der Waals surface area contributed by atoms with Gasteiger partial charge in [-0.05, 0) is 55.7 Å². The number of aryl methyl sites for hydroxylation is 1. The van der Waals surface area contributed by atoms with Crippen LogP contribution in [0.25, 0.3) is 0 Å². The minimum absolute atomic E-state index is 0.0667. The summed E-state index contributed by atoms with van der Waals surface area (Å²) >= 11 is 0. The molecule has 0 bridgehead atoms. The number of pyridine rings is 1. The average Bonchev–Trinajstić information content (AvgIpc) is 3.16. The van der Waals surface area contributed by atoms with Crippen LogP contribution < -0.4 is 16.2 Å². The number of benzene rings is 1. The fraction of sp³-hybridized carbons (Fsp3) is 0.350. The Kier molecular flexibility index (Phi) is 6.03. The Bertz CT molecular complexity index is 868. The highest BCUT2D eigenvalue weighted by Gasteiger charge is 2.16. The van der Waals surface area contributed by atoms with Crippen LogP contribution in [0.3, 0.4) is 0 Å². The average molecular weight is 369 g/mol. The highest BCUT2D eigenvalue weighted by molar-refractivity contribution is 5.95. The summed E-state index contributed by atoms with van der Waals surface area (Å²) < 4.78 is 6.82. The number of nitrogens with one attached hydrogen (secondary N) is 2. The Morgan fingerprint density at radius 1 is 1.22 bits per heavy atom. The molecule has 1 aromatic heterocycles. The molecule has 2 N–H and O–H groups in total. The van der Waals surface area contributed by atoms with Gasteiger partial charge in [0.1, 0.15) is 6.54 Å². The molecule has 0 spiro atoms. The maximum absolute atomic E-state index is 12.1. The fourth-order valence-electron chi connectivity index (χ4n) is 2.91. The number of anilines is 1. The van der Waals surface area contributed by atoms with Crippen molar-refractivity contribution < 1.29 is 14.3 Å². The van der Waals surface area contributed by atoms with Gasteiger partial charge in [0.15, 0.2) is 0 Å². The minimum atomic E-state index is -0.309. The first-order valence-electron chi connectivity index (χ1n) is 8.98. The summed E-state index contributed by atoms with van der Waals surface area (Å²) in [6, 6.07) is 9.89. The summed E-state index contributed by atoms with van der Waals surface area (Å²) in [5, 5.41) is 5.58. The van der Waals surface area contributed by atoms with Gasteiger partial charge in [-0.2, -0.15) is 0 Å². The monoisotopic (exact) mass is 369 g/mol. The Morgan fingerprint density at radius 2 is 2.00 bits per heavy atom. The number of amides is 2. The minimum Gasteiger partial charge on any atom is -0.376 e. The van der Waals surface area contributed by atoms with Gasteiger partial charge in [-0.3, -0.25) is 14.4 Å². The summed E-state index contributed by atoms with van der Waals surface area (Å²) in [6.07, 6.45) is 3.69. The van der Waals surface area contributed by atoms with Crippen LogP contribution >= 0.6 is 0 Å². The van der Waals surface area contributed by atoms with Crippen molar-refractivity contribution in [1.82, 2.24) is 9.88 Å². The third-order valence-electron chi connectivity index (χ3n) is 4.41. The second kappa shape index (κ2) is 8.64. The molecule has 1 aliphatic heterocycles. The van der Waals surface area contributed by atoms with Crippen molar-refractivity contribution in [2.45, 2.75) is 32.4 Å². The van der Waals surface area contributed by atoms with Crippen molar-refractivity contribution in [1.29, 1.82) is 0 Å². The largest absolute Gasteiger partial charge is 0.376 e. The predicted octanol–water partition coefficient (Wildman–Crippen LogP) is 1.70. The predicted molar refractivity (Wildman–Crippen MR) is 102 cm³/mol. The highest BCUT2D eigenvalue weighted by atomic mass is 16.5. The van der Waals surface area contributed by atoms with Crippen molar-refractivity contribution in [3.8, 4) is 0 Å². The van der Waals surface area contributed by atoms with Gasteiger partial charge in [-0.1, -0.05) is 0 Å². The molecule has 0 aliphatic carbocycles. The molecule has 7 heteroatoms. The maximum Gasteiger partial charge on any atom is 0.251 e. The molecule has 1 aromatic carbocycles. The van der Waals surface area contributed by atoms with E-state index in [4.69, 9.17) is 4.74 Å². The molecule has 1 fully saturated rings. The smallest absolute Gasteiger partial charge is 0.251 e. The van der Waals surface area contributed by atoms with Crippen molar-refractivity contribution in [2.24, 2.45) is 0 Å². The van der Waals surface area contributed by atoms with E-state index in [-0.39, 0.29) is 30.0 Å². The number of carbonyl (C=O) groups excluding carboxylic acids is 2. The third kappa shape index (κ3) is 5.27. The van der Waals surface area contributed by atoms with E-state index in [0.717, 1.165) is 25.0 Å². The summed E-state index contributed by atoms with van der Waals surface area (Å²) in [5.74, 6) is -0.480. The van der Waals surface area contributed by atoms with Gasteiger partial charge in [0.05, 0.1) is 6.10 Å². The van der Waals surface area contributed by atoms with Crippen LogP contribution in [-0.2, 0) is 16.1 Å². The number of carbonyl (C=O) groups is 2. The molecule has 142 valence electrons.